The first-order chi connectivity index (χ1) is 8.79. The Hall–Kier alpha value is -0.860. The van der Waals surface area contributed by atoms with Crippen molar-refractivity contribution in [3.63, 3.8) is 0 Å². The average molecular weight is 247 g/mol. The molecule has 0 aliphatic heterocycles. The van der Waals surface area contributed by atoms with E-state index in [1.807, 2.05) is 0 Å². The largest absolute Gasteiger partial charge is 0.380 e. The van der Waals surface area contributed by atoms with Crippen LogP contribution in [0.5, 0.6) is 0 Å². The Kier molecular flexibility index (Phi) is 5.21. The van der Waals surface area contributed by atoms with Crippen LogP contribution in [0.15, 0.2) is 24.3 Å². The molecule has 1 saturated carbocycles. The SMILES string of the molecule is COCc1ccc(CN[C@H](C)C2CCCC2)cc1. The van der Waals surface area contributed by atoms with Crippen LogP contribution < -0.4 is 5.32 Å². The Labute approximate surface area is 111 Å². The number of rotatable bonds is 6. The van der Waals surface area contributed by atoms with Gasteiger partial charge in [-0.05, 0) is 36.8 Å². The van der Waals surface area contributed by atoms with Crippen molar-refractivity contribution in [2.45, 2.75) is 51.8 Å². The van der Waals surface area contributed by atoms with Gasteiger partial charge < -0.3 is 10.1 Å². The molecule has 1 aliphatic carbocycles. The zero-order valence-electron chi connectivity index (χ0n) is 11.6. The highest BCUT2D eigenvalue weighted by Crippen LogP contribution is 2.27. The molecule has 1 aromatic carbocycles. The fourth-order valence-corrected chi connectivity index (χ4v) is 2.82. The lowest BCUT2D eigenvalue weighted by molar-refractivity contribution is 0.185. The van der Waals surface area contributed by atoms with Gasteiger partial charge in [-0.15, -0.1) is 0 Å². The molecule has 2 rings (SSSR count). The summed E-state index contributed by atoms with van der Waals surface area (Å²) < 4.78 is 5.12. The number of methoxy groups -OCH3 is 1. The molecular formula is C16H25NO. The van der Waals surface area contributed by atoms with Gasteiger partial charge in [-0.1, -0.05) is 37.1 Å². The minimum atomic E-state index is 0.645. The summed E-state index contributed by atoms with van der Waals surface area (Å²) in [4.78, 5) is 0. The molecule has 0 heterocycles. The Morgan fingerprint density at radius 2 is 1.78 bits per heavy atom. The standard InChI is InChI=1S/C16H25NO/c1-13(16-5-3-4-6-16)17-11-14-7-9-15(10-8-14)12-18-2/h7-10,13,16-17H,3-6,11-12H2,1-2H3/t13-/m1/s1. The van der Waals surface area contributed by atoms with Crippen LogP contribution in [-0.4, -0.2) is 13.2 Å². The summed E-state index contributed by atoms with van der Waals surface area (Å²) in [5, 5.41) is 3.66. The molecule has 0 spiro atoms. The van der Waals surface area contributed by atoms with E-state index in [4.69, 9.17) is 4.74 Å². The first-order valence-electron chi connectivity index (χ1n) is 7.09. The maximum atomic E-state index is 5.12. The molecule has 100 valence electrons. The molecule has 1 aromatic rings. The highest BCUT2D eigenvalue weighted by molar-refractivity contribution is 5.22. The van der Waals surface area contributed by atoms with Crippen molar-refractivity contribution in [1.29, 1.82) is 0 Å². The van der Waals surface area contributed by atoms with E-state index in [0.717, 1.165) is 12.5 Å². The summed E-state index contributed by atoms with van der Waals surface area (Å²) in [5.41, 5.74) is 2.60. The molecule has 0 radical (unpaired) electrons. The Bertz CT molecular complexity index is 341. The van der Waals surface area contributed by atoms with Crippen LogP contribution in [-0.2, 0) is 17.9 Å². The number of hydrogen-bond acceptors (Lipinski definition) is 2. The summed E-state index contributed by atoms with van der Waals surface area (Å²) in [6.07, 6.45) is 5.65. The minimum Gasteiger partial charge on any atom is -0.380 e. The predicted molar refractivity (Wildman–Crippen MR) is 75.4 cm³/mol. The van der Waals surface area contributed by atoms with Crippen LogP contribution in [0.3, 0.4) is 0 Å². The van der Waals surface area contributed by atoms with Gasteiger partial charge >= 0.3 is 0 Å². The number of benzene rings is 1. The number of hydrogen-bond donors (Lipinski definition) is 1. The second-order valence-electron chi connectivity index (χ2n) is 5.46. The molecule has 2 nitrogen and oxygen atoms in total. The van der Waals surface area contributed by atoms with E-state index >= 15 is 0 Å². The number of ether oxygens (including phenoxy) is 1. The molecule has 0 unspecified atom stereocenters. The minimum absolute atomic E-state index is 0.645. The van der Waals surface area contributed by atoms with Crippen molar-refractivity contribution in [3.05, 3.63) is 35.4 Å². The maximum absolute atomic E-state index is 5.12. The Morgan fingerprint density at radius 3 is 2.39 bits per heavy atom. The molecule has 0 saturated heterocycles. The highest BCUT2D eigenvalue weighted by Gasteiger charge is 2.20. The lowest BCUT2D eigenvalue weighted by Crippen LogP contribution is -2.31. The van der Waals surface area contributed by atoms with E-state index in [9.17, 15) is 0 Å². The summed E-state index contributed by atoms with van der Waals surface area (Å²) in [7, 11) is 1.73. The molecule has 0 aromatic heterocycles. The van der Waals surface area contributed by atoms with Crippen molar-refractivity contribution >= 4 is 0 Å². The summed E-state index contributed by atoms with van der Waals surface area (Å²) in [6, 6.07) is 9.35. The second-order valence-corrected chi connectivity index (χ2v) is 5.46. The van der Waals surface area contributed by atoms with Gasteiger partial charge in [0.1, 0.15) is 0 Å². The fourth-order valence-electron chi connectivity index (χ4n) is 2.82. The smallest absolute Gasteiger partial charge is 0.0713 e. The zero-order valence-corrected chi connectivity index (χ0v) is 11.6. The van der Waals surface area contributed by atoms with E-state index in [2.05, 4.69) is 36.5 Å². The molecule has 1 fully saturated rings. The van der Waals surface area contributed by atoms with Gasteiger partial charge in [0.15, 0.2) is 0 Å². The lowest BCUT2D eigenvalue weighted by Gasteiger charge is -2.20. The van der Waals surface area contributed by atoms with Gasteiger partial charge in [0.25, 0.3) is 0 Å². The van der Waals surface area contributed by atoms with E-state index in [1.165, 1.54) is 36.8 Å². The average Bonchev–Trinajstić information content (AvgIpc) is 2.92. The van der Waals surface area contributed by atoms with Crippen molar-refractivity contribution in [2.75, 3.05) is 7.11 Å². The first kappa shape index (κ1) is 13.6. The maximum Gasteiger partial charge on any atom is 0.0713 e. The third kappa shape index (κ3) is 3.82. The van der Waals surface area contributed by atoms with Crippen LogP contribution in [0, 0.1) is 5.92 Å². The molecule has 1 aliphatic rings. The summed E-state index contributed by atoms with van der Waals surface area (Å²) in [6.45, 7) is 4.01. The second kappa shape index (κ2) is 6.91. The van der Waals surface area contributed by atoms with Gasteiger partial charge in [0, 0.05) is 19.7 Å². The van der Waals surface area contributed by atoms with Crippen molar-refractivity contribution < 1.29 is 4.74 Å². The van der Waals surface area contributed by atoms with Crippen LogP contribution in [0.25, 0.3) is 0 Å². The molecule has 1 N–H and O–H groups in total. The lowest BCUT2D eigenvalue weighted by atomic mass is 9.99. The van der Waals surface area contributed by atoms with E-state index < -0.39 is 0 Å². The normalized spacial score (nSPS) is 18.1. The van der Waals surface area contributed by atoms with Crippen molar-refractivity contribution in [1.82, 2.24) is 5.32 Å². The van der Waals surface area contributed by atoms with Gasteiger partial charge in [0.05, 0.1) is 6.61 Å². The van der Waals surface area contributed by atoms with E-state index in [0.29, 0.717) is 12.6 Å². The quantitative estimate of drug-likeness (QED) is 0.830. The molecule has 0 amide bonds. The Balaban J connectivity index is 1.78. The molecule has 1 atom stereocenters. The molecule has 0 bridgehead atoms. The summed E-state index contributed by atoms with van der Waals surface area (Å²) >= 11 is 0. The molecule has 18 heavy (non-hydrogen) atoms. The highest BCUT2D eigenvalue weighted by atomic mass is 16.5. The zero-order chi connectivity index (χ0) is 12.8. The van der Waals surface area contributed by atoms with Gasteiger partial charge in [-0.25, -0.2) is 0 Å². The van der Waals surface area contributed by atoms with E-state index in [-0.39, 0.29) is 0 Å². The summed E-state index contributed by atoms with van der Waals surface area (Å²) in [5.74, 6) is 0.887. The predicted octanol–water partition coefficient (Wildman–Crippen LogP) is 3.50. The van der Waals surface area contributed by atoms with Crippen molar-refractivity contribution in [3.8, 4) is 0 Å². The number of nitrogens with one attached hydrogen (secondary N) is 1. The van der Waals surface area contributed by atoms with Crippen LogP contribution in [0.1, 0.15) is 43.7 Å². The van der Waals surface area contributed by atoms with Crippen LogP contribution >= 0.6 is 0 Å². The third-order valence-corrected chi connectivity index (χ3v) is 4.07. The fraction of sp³-hybridized carbons (Fsp3) is 0.625. The van der Waals surface area contributed by atoms with Gasteiger partial charge in [0.2, 0.25) is 0 Å². The van der Waals surface area contributed by atoms with Gasteiger partial charge in [-0.2, -0.15) is 0 Å². The third-order valence-electron chi connectivity index (χ3n) is 4.07. The van der Waals surface area contributed by atoms with Crippen LogP contribution in [0.4, 0.5) is 0 Å². The molecular weight excluding hydrogens is 222 g/mol. The first-order valence-corrected chi connectivity index (χ1v) is 7.09. The topological polar surface area (TPSA) is 21.3 Å². The van der Waals surface area contributed by atoms with E-state index in [1.54, 1.807) is 7.11 Å². The van der Waals surface area contributed by atoms with Crippen LogP contribution in [0.2, 0.25) is 0 Å². The molecule has 2 heteroatoms. The monoisotopic (exact) mass is 247 g/mol. The Morgan fingerprint density at radius 1 is 1.17 bits per heavy atom. The van der Waals surface area contributed by atoms with Crippen molar-refractivity contribution in [2.24, 2.45) is 5.92 Å². The van der Waals surface area contributed by atoms with Gasteiger partial charge in [-0.3, -0.25) is 0 Å².